The van der Waals surface area contributed by atoms with Gasteiger partial charge in [0.2, 0.25) is 0 Å². The molecule has 1 heteroatoms. The van der Waals surface area contributed by atoms with E-state index in [1.54, 1.807) is 0 Å². The van der Waals surface area contributed by atoms with Gasteiger partial charge in [0.1, 0.15) is 0 Å². The molecule has 94 valence electrons. The molecular weight excluding hydrogens is 206 g/mol. The average molecular weight is 231 g/mol. The maximum atomic E-state index is 3.69. The van der Waals surface area contributed by atoms with Crippen LogP contribution in [0.2, 0.25) is 0 Å². The summed E-state index contributed by atoms with van der Waals surface area (Å²) >= 11 is 0. The second-order valence-electron chi connectivity index (χ2n) is 5.47. The largest absolute Gasteiger partial charge is 0.313 e. The first-order valence-electron chi connectivity index (χ1n) is 7.09. The Bertz CT molecular complexity index is 316. The van der Waals surface area contributed by atoms with Crippen LogP contribution in [0.4, 0.5) is 0 Å². The molecule has 1 nitrogen and oxygen atoms in total. The number of benzene rings is 1. The Balaban J connectivity index is 1.99. The molecule has 2 rings (SSSR count). The van der Waals surface area contributed by atoms with E-state index in [-0.39, 0.29) is 0 Å². The number of hydrogen-bond acceptors (Lipinski definition) is 1. The lowest BCUT2D eigenvalue weighted by atomic mass is 9.84. The number of hydrogen-bond donors (Lipinski definition) is 1. The van der Waals surface area contributed by atoms with Crippen LogP contribution in [0, 0.1) is 5.92 Å². The van der Waals surface area contributed by atoms with Gasteiger partial charge in [0.05, 0.1) is 0 Å². The number of nitrogens with one attached hydrogen (secondary N) is 1. The molecule has 1 aliphatic rings. The third-order valence-electron chi connectivity index (χ3n) is 3.86. The van der Waals surface area contributed by atoms with Crippen molar-refractivity contribution in [3.05, 3.63) is 35.9 Å². The van der Waals surface area contributed by atoms with Crippen molar-refractivity contribution in [3.63, 3.8) is 0 Å². The third-order valence-corrected chi connectivity index (χ3v) is 3.86. The van der Waals surface area contributed by atoms with Crippen LogP contribution in [0.15, 0.2) is 30.3 Å². The molecule has 1 N–H and O–H groups in total. The van der Waals surface area contributed by atoms with Gasteiger partial charge in [-0.1, -0.05) is 57.0 Å². The van der Waals surface area contributed by atoms with E-state index in [1.807, 2.05) is 0 Å². The molecule has 0 bridgehead atoms. The Kier molecular flexibility index (Phi) is 4.61. The summed E-state index contributed by atoms with van der Waals surface area (Å²) in [6.07, 6.45) is 5.37. The van der Waals surface area contributed by atoms with Gasteiger partial charge in [-0.15, -0.1) is 0 Å². The predicted octanol–water partition coefficient (Wildman–Crippen LogP) is 3.96. The monoisotopic (exact) mass is 231 g/mol. The Morgan fingerprint density at radius 1 is 1.24 bits per heavy atom. The van der Waals surface area contributed by atoms with Gasteiger partial charge in [-0.3, -0.25) is 0 Å². The molecule has 1 aromatic rings. The van der Waals surface area contributed by atoms with E-state index in [9.17, 15) is 0 Å². The molecule has 0 heterocycles. The van der Waals surface area contributed by atoms with E-state index in [0.717, 1.165) is 18.5 Å². The Labute approximate surface area is 106 Å². The summed E-state index contributed by atoms with van der Waals surface area (Å²) in [5.41, 5.74) is 1.50. The second-order valence-corrected chi connectivity index (χ2v) is 5.47. The van der Waals surface area contributed by atoms with Gasteiger partial charge in [-0.05, 0) is 30.2 Å². The Morgan fingerprint density at radius 3 is 2.53 bits per heavy atom. The van der Waals surface area contributed by atoms with Crippen molar-refractivity contribution < 1.29 is 0 Å². The minimum atomic E-state index is 0.678. The molecule has 1 fully saturated rings. The molecule has 2 unspecified atom stereocenters. The van der Waals surface area contributed by atoms with Crippen LogP contribution in [0.1, 0.15) is 51.0 Å². The van der Waals surface area contributed by atoms with Gasteiger partial charge < -0.3 is 5.32 Å². The van der Waals surface area contributed by atoms with E-state index >= 15 is 0 Å². The van der Waals surface area contributed by atoms with Gasteiger partial charge >= 0.3 is 0 Å². The molecule has 0 spiro atoms. The molecule has 2 atom stereocenters. The van der Waals surface area contributed by atoms with Crippen LogP contribution < -0.4 is 5.32 Å². The minimum Gasteiger partial charge on any atom is -0.313 e. The molecule has 0 radical (unpaired) electrons. The third kappa shape index (κ3) is 3.85. The summed E-state index contributed by atoms with van der Waals surface area (Å²) in [5, 5.41) is 3.69. The van der Waals surface area contributed by atoms with E-state index in [2.05, 4.69) is 49.5 Å². The molecule has 1 aliphatic carbocycles. The highest BCUT2D eigenvalue weighted by Gasteiger charge is 2.24. The standard InChI is InChI=1S/C16H25N/c1-3-7-13(2)16(12-17-15-10-11-15)14-8-5-4-6-9-14/h4-6,8-9,13,15-17H,3,7,10-12H2,1-2H3. The van der Waals surface area contributed by atoms with E-state index < -0.39 is 0 Å². The lowest BCUT2D eigenvalue weighted by Gasteiger charge is -2.24. The fourth-order valence-corrected chi connectivity index (χ4v) is 2.59. The first-order valence-corrected chi connectivity index (χ1v) is 7.09. The lowest BCUT2D eigenvalue weighted by molar-refractivity contribution is 0.403. The molecule has 0 aliphatic heterocycles. The fraction of sp³-hybridized carbons (Fsp3) is 0.625. The SMILES string of the molecule is CCCC(C)C(CNC1CC1)c1ccccc1. The lowest BCUT2D eigenvalue weighted by Crippen LogP contribution is -2.27. The van der Waals surface area contributed by atoms with Crippen LogP contribution in [0.3, 0.4) is 0 Å². The summed E-state index contributed by atoms with van der Waals surface area (Å²) in [5.74, 6) is 1.45. The highest BCUT2D eigenvalue weighted by atomic mass is 14.9. The molecule has 17 heavy (non-hydrogen) atoms. The predicted molar refractivity (Wildman–Crippen MR) is 74.3 cm³/mol. The summed E-state index contributed by atoms with van der Waals surface area (Å²) in [4.78, 5) is 0. The smallest absolute Gasteiger partial charge is 0.00684 e. The van der Waals surface area contributed by atoms with E-state index in [0.29, 0.717) is 5.92 Å². The highest BCUT2D eigenvalue weighted by Crippen LogP contribution is 2.29. The van der Waals surface area contributed by atoms with Crippen LogP contribution in [0.25, 0.3) is 0 Å². The van der Waals surface area contributed by atoms with Crippen molar-refractivity contribution in [3.8, 4) is 0 Å². The zero-order chi connectivity index (χ0) is 12.1. The summed E-state index contributed by atoms with van der Waals surface area (Å²) in [6.45, 7) is 5.83. The van der Waals surface area contributed by atoms with E-state index in [1.165, 1.54) is 31.2 Å². The first kappa shape index (κ1) is 12.6. The molecule has 0 amide bonds. The maximum absolute atomic E-state index is 3.69. The van der Waals surface area contributed by atoms with Crippen LogP contribution in [-0.4, -0.2) is 12.6 Å². The van der Waals surface area contributed by atoms with Crippen molar-refractivity contribution in [2.24, 2.45) is 5.92 Å². The fourth-order valence-electron chi connectivity index (χ4n) is 2.59. The van der Waals surface area contributed by atoms with Crippen molar-refractivity contribution in [1.82, 2.24) is 5.32 Å². The van der Waals surface area contributed by atoms with Crippen LogP contribution >= 0.6 is 0 Å². The number of rotatable bonds is 7. The zero-order valence-electron chi connectivity index (χ0n) is 11.2. The maximum Gasteiger partial charge on any atom is 0.00684 e. The first-order chi connectivity index (χ1) is 8.31. The Hall–Kier alpha value is -0.820. The molecule has 1 aromatic carbocycles. The van der Waals surface area contributed by atoms with Crippen LogP contribution in [-0.2, 0) is 0 Å². The summed E-state index contributed by atoms with van der Waals surface area (Å²) in [7, 11) is 0. The van der Waals surface area contributed by atoms with E-state index in [4.69, 9.17) is 0 Å². The average Bonchev–Trinajstić information content (AvgIpc) is 3.15. The molecular formula is C16H25N. The van der Waals surface area contributed by atoms with Gasteiger partial charge in [-0.2, -0.15) is 0 Å². The second kappa shape index (κ2) is 6.20. The quantitative estimate of drug-likeness (QED) is 0.749. The Morgan fingerprint density at radius 2 is 1.94 bits per heavy atom. The summed E-state index contributed by atoms with van der Waals surface area (Å²) in [6, 6.07) is 11.8. The van der Waals surface area contributed by atoms with Crippen molar-refractivity contribution in [2.75, 3.05) is 6.54 Å². The minimum absolute atomic E-state index is 0.678. The van der Waals surface area contributed by atoms with Crippen molar-refractivity contribution >= 4 is 0 Å². The highest BCUT2D eigenvalue weighted by molar-refractivity contribution is 5.20. The van der Waals surface area contributed by atoms with Crippen LogP contribution in [0.5, 0.6) is 0 Å². The molecule has 0 aromatic heterocycles. The van der Waals surface area contributed by atoms with Gasteiger partial charge in [-0.25, -0.2) is 0 Å². The van der Waals surface area contributed by atoms with Crippen molar-refractivity contribution in [1.29, 1.82) is 0 Å². The van der Waals surface area contributed by atoms with Gasteiger partial charge in [0, 0.05) is 12.6 Å². The zero-order valence-corrected chi connectivity index (χ0v) is 11.2. The normalized spacial score (nSPS) is 18.9. The van der Waals surface area contributed by atoms with Crippen molar-refractivity contribution in [2.45, 2.75) is 51.5 Å². The molecule has 0 saturated heterocycles. The molecule has 1 saturated carbocycles. The van der Waals surface area contributed by atoms with Gasteiger partial charge in [0.25, 0.3) is 0 Å². The summed E-state index contributed by atoms with van der Waals surface area (Å²) < 4.78 is 0. The topological polar surface area (TPSA) is 12.0 Å². The van der Waals surface area contributed by atoms with Gasteiger partial charge in [0.15, 0.2) is 0 Å².